The molecule has 2 aromatic heterocycles. The summed E-state index contributed by atoms with van der Waals surface area (Å²) in [5, 5.41) is 1.06. The Balaban J connectivity index is 1.83. The van der Waals surface area contributed by atoms with Crippen molar-refractivity contribution in [2.24, 2.45) is 5.41 Å². The average molecular weight is 354 g/mol. The first-order chi connectivity index (χ1) is 11.4. The highest BCUT2D eigenvalue weighted by Crippen LogP contribution is 2.53. The Morgan fingerprint density at radius 2 is 2.25 bits per heavy atom. The summed E-state index contributed by atoms with van der Waals surface area (Å²) in [7, 11) is 0. The molecule has 0 N–H and O–H groups in total. The Kier molecular flexibility index (Phi) is 3.46. The summed E-state index contributed by atoms with van der Waals surface area (Å²) in [5.74, 6) is -0.868. The van der Waals surface area contributed by atoms with E-state index in [2.05, 4.69) is 9.97 Å². The zero-order valence-electron chi connectivity index (χ0n) is 13.3. The minimum absolute atomic E-state index is 0.277. The van der Waals surface area contributed by atoms with Gasteiger partial charge >= 0.3 is 0 Å². The van der Waals surface area contributed by atoms with Crippen LogP contribution in [0.2, 0.25) is 5.15 Å². The van der Waals surface area contributed by atoms with Gasteiger partial charge in [-0.05, 0) is 26.3 Å². The molecule has 4 atom stereocenters. The second-order valence-electron chi connectivity index (χ2n) is 6.90. The molecule has 1 saturated carbocycles. The third-order valence-electron chi connectivity index (χ3n) is 4.97. The quantitative estimate of drug-likeness (QED) is 0.627. The Hall–Kier alpha value is -1.57. The van der Waals surface area contributed by atoms with Crippen LogP contribution in [-0.2, 0) is 14.3 Å². The molecule has 24 heavy (non-hydrogen) atoms. The molecule has 0 bridgehead atoms. The van der Waals surface area contributed by atoms with Crippen molar-refractivity contribution in [1.29, 1.82) is 0 Å². The lowest BCUT2D eigenvalue weighted by molar-refractivity contribution is -0.170. The highest BCUT2D eigenvalue weighted by atomic mass is 35.5. The summed E-state index contributed by atoms with van der Waals surface area (Å²) in [6.07, 6.45) is 3.08. The van der Waals surface area contributed by atoms with Crippen LogP contribution < -0.4 is 0 Å². The van der Waals surface area contributed by atoms with Crippen LogP contribution in [0, 0.1) is 5.41 Å². The van der Waals surface area contributed by atoms with E-state index in [0.29, 0.717) is 22.5 Å². The smallest absolute Gasteiger partial charge is 0.163 e. The van der Waals surface area contributed by atoms with Crippen LogP contribution >= 0.6 is 11.6 Å². The van der Waals surface area contributed by atoms with Crippen LogP contribution in [0.4, 0.5) is 4.39 Å². The number of halogens is 2. The van der Waals surface area contributed by atoms with Crippen LogP contribution in [0.1, 0.15) is 26.3 Å². The molecular formula is C16H17ClFN3O3. The molecule has 3 heterocycles. The van der Waals surface area contributed by atoms with Gasteiger partial charge in [-0.3, -0.25) is 0 Å². The normalized spacial score (nSPS) is 34.6. The predicted molar refractivity (Wildman–Crippen MR) is 84.5 cm³/mol. The zero-order chi connectivity index (χ0) is 17.1. The van der Waals surface area contributed by atoms with Crippen molar-refractivity contribution < 1.29 is 18.7 Å². The monoisotopic (exact) mass is 353 g/mol. The Bertz CT molecular complexity index is 811. The van der Waals surface area contributed by atoms with Crippen LogP contribution in [0.5, 0.6) is 0 Å². The topological polar surface area (TPSA) is 66.2 Å². The number of hydrogen-bond donors (Lipinski definition) is 0. The van der Waals surface area contributed by atoms with E-state index in [1.165, 1.54) is 6.33 Å². The van der Waals surface area contributed by atoms with Gasteiger partial charge in [0, 0.05) is 6.20 Å². The van der Waals surface area contributed by atoms with E-state index in [0.717, 1.165) is 0 Å². The summed E-state index contributed by atoms with van der Waals surface area (Å²) in [6.45, 7) is 2.74. The molecule has 0 radical (unpaired) electrons. The number of ether oxygens (including phenoxy) is 2. The molecule has 4 rings (SSSR count). The number of aldehydes is 1. The number of fused-ring (bicyclic) bond motifs is 2. The predicted octanol–water partition coefficient (Wildman–Crippen LogP) is 2.70. The van der Waals surface area contributed by atoms with E-state index in [4.69, 9.17) is 21.1 Å². The van der Waals surface area contributed by atoms with Crippen molar-refractivity contribution in [2.75, 3.05) is 6.67 Å². The van der Waals surface area contributed by atoms with E-state index >= 15 is 0 Å². The van der Waals surface area contributed by atoms with Gasteiger partial charge in [-0.15, -0.1) is 0 Å². The third-order valence-corrected chi connectivity index (χ3v) is 5.27. The molecule has 1 aliphatic heterocycles. The lowest BCUT2D eigenvalue weighted by Crippen LogP contribution is -2.38. The fraction of sp³-hybridized carbons (Fsp3) is 0.562. The SMILES string of the molecule is CC1(C)O[C@H]2[C@H](n3ccc4c(Cl)ncnc43)C[C@@](C=O)(CF)[C@H]2O1. The molecule has 1 saturated heterocycles. The van der Waals surface area contributed by atoms with Gasteiger partial charge in [-0.2, -0.15) is 0 Å². The van der Waals surface area contributed by atoms with Crippen LogP contribution in [0.15, 0.2) is 18.6 Å². The van der Waals surface area contributed by atoms with Gasteiger partial charge < -0.3 is 18.8 Å². The number of rotatable bonds is 3. The Labute approximate surface area is 142 Å². The molecule has 8 heteroatoms. The van der Waals surface area contributed by atoms with Crippen molar-refractivity contribution in [2.45, 2.75) is 44.3 Å². The molecule has 0 spiro atoms. The van der Waals surface area contributed by atoms with Gasteiger partial charge in [0.25, 0.3) is 0 Å². The van der Waals surface area contributed by atoms with E-state index in [1.54, 1.807) is 13.8 Å². The lowest BCUT2D eigenvalue weighted by Gasteiger charge is -2.27. The molecule has 1 aliphatic carbocycles. The number of carbonyl (C=O) groups is 1. The Morgan fingerprint density at radius 1 is 1.46 bits per heavy atom. The first kappa shape index (κ1) is 15.9. The maximum Gasteiger partial charge on any atom is 0.163 e. The maximum atomic E-state index is 13.8. The van der Waals surface area contributed by atoms with Crippen molar-refractivity contribution in [3.63, 3.8) is 0 Å². The first-order valence-corrected chi connectivity index (χ1v) is 8.13. The van der Waals surface area contributed by atoms with Crippen molar-refractivity contribution in [3.8, 4) is 0 Å². The molecule has 128 valence electrons. The standard InChI is InChI=1S/C16H17ClFN3O3/c1-15(2)23-11-10(5-16(6-18,7-22)12(11)24-15)21-4-3-9-13(17)19-8-20-14(9)21/h3-4,7-8,10-12H,5-6H2,1-2H3/t10-,11+,12+,16+/m1/s1. The summed E-state index contributed by atoms with van der Waals surface area (Å²) >= 11 is 6.11. The number of nitrogens with zero attached hydrogens (tertiary/aromatic N) is 3. The second kappa shape index (κ2) is 5.21. The van der Waals surface area contributed by atoms with E-state index in [-0.39, 0.29) is 12.5 Å². The molecular weight excluding hydrogens is 337 g/mol. The third kappa shape index (κ3) is 2.11. The molecule has 0 amide bonds. The van der Waals surface area contributed by atoms with Gasteiger partial charge in [-0.25, -0.2) is 14.4 Å². The fourth-order valence-corrected chi connectivity index (χ4v) is 4.07. The Morgan fingerprint density at radius 3 is 2.96 bits per heavy atom. The van der Waals surface area contributed by atoms with E-state index in [1.807, 2.05) is 16.8 Å². The minimum atomic E-state index is -1.21. The zero-order valence-corrected chi connectivity index (χ0v) is 14.0. The average Bonchev–Trinajstić information content (AvgIpc) is 3.18. The van der Waals surface area contributed by atoms with Crippen LogP contribution in [0.25, 0.3) is 11.0 Å². The maximum absolute atomic E-state index is 13.8. The van der Waals surface area contributed by atoms with Crippen LogP contribution in [-0.4, -0.2) is 45.5 Å². The molecule has 0 unspecified atom stereocenters. The van der Waals surface area contributed by atoms with E-state index < -0.39 is 30.1 Å². The van der Waals surface area contributed by atoms with Gasteiger partial charge in [0.05, 0.1) is 16.8 Å². The number of carbonyl (C=O) groups excluding carboxylic acids is 1. The number of hydrogen-bond acceptors (Lipinski definition) is 5. The van der Waals surface area contributed by atoms with Crippen molar-refractivity contribution in [3.05, 3.63) is 23.7 Å². The summed E-state index contributed by atoms with van der Waals surface area (Å²) in [4.78, 5) is 20.0. The van der Waals surface area contributed by atoms with E-state index in [9.17, 15) is 9.18 Å². The van der Waals surface area contributed by atoms with Gasteiger partial charge in [0.2, 0.25) is 0 Å². The molecule has 0 aromatic carbocycles. The summed E-state index contributed by atoms with van der Waals surface area (Å²) in [5.41, 5.74) is -0.580. The fourth-order valence-electron chi connectivity index (χ4n) is 3.88. The largest absolute Gasteiger partial charge is 0.343 e. The van der Waals surface area contributed by atoms with Gasteiger partial charge in [0.15, 0.2) is 5.79 Å². The second-order valence-corrected chi connectivity index (χ2v) is 7.26. The number of alkyl halides is 1. The molecule has 2 fully saturated rings. The molecule has 6 nitrogen and oxygen atoms in total. The van der Waals surface area contributed by atoms with Crippen molar-refractivity contribution >= 4 is 28.9 Å². The van der Waals surface area contributed by atoms with Crippen LogP contribution in [0.3, 0.4) is 0 Å². The summed E-state index contributed by atoms with van der Waals surface area (Å²) in [6, 6.07) is 1.53. The molecule has 2 aliphatic rings. The highest BCUT2D eigenvalue weighted by molar-refractivity contribution is 6.33. The minimum Gasteiger partial charge on any atom is -0.343 e. The lowest BCUT2D eigenvalue weighted by atomic mass is 9.87. The highest BCUT2D eigenvalue weighted by Gasteiger charge is 2.62. The molecule has 2 aromatic rings. The number of aromatic nitrogens is 3. The van der Waals surface area contributed by atoms with Gasteiger partial charge in [-0.1, -0.05) is 11.6 Å². The van der Waals surface area contributed by atoms with Crippen molar-refractivity contribution in [1.82, 2.24) is 14.5 Å². The summed E-state index contributed by atoms with van der Waals surface area (Å²) < 4.78 is 27.6. The first-order valence-electron chi connectivity index (χ1n) is 7.76. The van der Waals surface area contributed by atoms with Gasteiger partial charge in [0.1, 0.15) is 42.3 Å².